The smallest absolute Gasteiger partial charge is 0.142 e. The average molecular weight is 205 g/mol. The van der Waals surface area contributed by atoms with Crippen molar-refractivity contribution in [2.75, 3.05) is 12.3 Å². The predicted octanol–water partition coefficient (Wildman–Crippen LogP) is 3.15. The molecule has 0 saturated heterocycles. The van der Waals surface area contributed by atoms with Crippen LogP contribution < -0.4 is 10.5 Å². The molecule has 0 atom stereocenters. The predicted molar refractivity (Wildman–Crippen MR) is 63.0 cm³/mol. The van der Waals surface area contributed by atoms with Gasteiger partial charge >= 0.3 is 0 Å². The van der Waals surface area contributed by atoms with Crippen molar-refractivity contribution in [3.8, 4) is 5.75 Å². The molecule has 1 aliphatic carbocycles. The molecule has 2 nitrogen and oxygen atoms in total. The van der Waals surface area contributed by atoms with Crippen LogP contribution in [0.3, 0.4) is 0 Å². The van der Waals surface area contributed by atoms with Gasteiger partial charge < -0.3 is 10.5 Å². The third-order valence-corrected chi connectivity index (χ3v) is 3.29. The number of ether oxygens (including phenoxy) is 1. The number of hydrogen-bond donors (Lipinski definition) is 1. The molecule has 2 N–H and O–H groups in total. The summed E-state index contributed by atoms with van der Waals surface area (Å²) in [5.74, 6) is 1.74. The maximum atomic E-state index is 5.92. The molecule has 2 heteroatoms. The summed E-state index contributed by atoms with van der Waals surface area (Å²) in [6.45, 7) is 2.81. The summed E-state index contributed by atoms with van der Waals surface area (Å²) in [7, 11) is 0. The van der Waals surface area contributed by atoms with Gasteiger partial charge in [-0.05, 0) is 30.9 Å². The summed E-state index contributed by atoms with van der Waals surface area (Å²) in [4.78, 5) is 0. The number of benzene rings is 1. The first kappa shape index (κ1) is 10.3. The van der Waals surface area contributed by atoms with Gasteiger partial charge in [-0.3, -0.25) is 0 Å². The number of rotatable bonds is 4. The lowest BCUT2D eigenvalue weighted by molar-refractivity contribution is 0.222. The van der Waals surface area contributed by atoms with Crippen LogP contribution in [0.5, 0.6) is 5.75 Å². The van der Waals surface area contributed by atoms with E-state index in [2.05, 4.69) is 0 Å². The fourth-order valence-corrected chi connectivity index (χ4v) is 1.90. The van der Waals surface area contributed by atoms with Crippen molar-refractivity contribution in [1.29, 1.82) is 0 Å². The largest absolute Gasteiger partial charge is 0.491 e. The highest BCUT2D eigenvalue weighted by Gasteiger charge is 2.17. The van der Waals surface area contributed by atoms with Crippen LogP contribution in [0.1, 0.15) is 31.2 Å². The lowest BCUT2D eigenvalue weighted by Gasteiger charge is -2.25. The van der Waals surface area contributed by atoms with E-state index < -0.39 is 0 Å². The Hall–Kier alpha value is -1.18. The van der Waals surface area contributed by atoms with Crippen molar-refractivity contribution in [3.63, 3.8) is 0 Å². The van der Waals surface area contributed by atoms with E-state index in [1.54, 1.807) is 0 Å². The van der Waals surface area contributed by atoms with E-state index in [-0.39, 0.29) is 0 Å². The quantitative estimate of drug-likeness (QED) is 0.766. The SMILES string of the molecule is Cc1cccc(OCCC2CCC2)c1N. The van der Waals surface area contributed by atoms with Gasteiger partial charge in [-0.2, -0.15) is 0 Å². The van der Waals surface area contributed by atoms with Gasteiger partial charge in [0.2, 0.25) is 0 Å². The highest BCUT2D eigenvalue weighted by atomic mass is 16.5. The zero-order valence-electron chi connectivity index (χ0n) is 9.33. The van der Waals surface area contributed by atoms with E-state index in [0.717, 1.165) is 29.5 Å². The van der Waals surface area contributed by atoms with Crippen LogP contribution in [0.25, 0.3) is 0 Å². The molecule has 1 aliphatic rings. The number of anilines is 1. The van der Waals surface area contributed by atoms with Crippen molar-refractivity contribution >= 4 is 5.69 Å². The molecule has 82 valence electrons. The first-order valence-electron chi connectivity index (χ1n) is 5.75. The van der Waals surface area contributed by atoms with Gasteiger partial charge in [-0.15, -0.1) is 0 Å². The van der Waals surface area contributed by atoms with Gasteiger partial charge in [0.05, 0.1) is 12.3 Å². The van der Waals surface area contributed by atoms with Gasteiger partial charge in [0.15, 0.2) is 0 Å². The highest BCUT2D eigenvalue weighted by molar-refractivity contribution is 5.57. The summed E-state index contributed by atoms with van der Waals surface area (Å²) in [6.07, 6.45) is 5.34. The monoisotopic (exact) mass is 205 g/mol. The second kappa shape index (κ2) is 4.56. The van der Waals surface area contributed by atoms with Gasteiger partial charge in [-0.25, -0.2) is 0 Å². The summed E-state index contributed by atoms with van der Waals surface area (Å²) in [5, 5.41) is 0. The van der Waals surface area contributed by atoms with Gasteiger partial charge in [-0.1, -0.05) is 31.4 Å². The summed E-state index contributed by atoms with van der Waals surface area (Å²) >= 11 is 0. The first-order chi connectivity index (χ1) is 7.27. The number of nitrogens with two attached hydrogens (primary N) is 1. The van der Waals surface area contributed by atoms with E-state index in [4.69, 9.17) is 10.5 Å². The Morgan fingerprint density at radius 1 is 1.40 bits per heavy atom. The van der Waals surface area contributed by atoms with Crippen molar-refractivity contribution in [2.45, 2.75) is 32.6 Å². The molecule has 0 aromatic heterocycles. The molecule has 1 saturated carbocycles. The van der Waals surface area contributed by atoms with Crippen molar-refractivity contribution in [2.24, 2.45) is 5.92 Å². The molecule has 2 rings (SSSR count). The lowest BCUT2D eigenvalue weighted by Crippen LogP contribution is -2.14. The maximum absolute atomic E-state index is 5.92. The van der Waals surface area contributed by atoms with Gasteiger partial charge in [0, 0.05) is 0 Å². The molecule has 0 unspecified atom stereocenters. The van der Waals surface area contributed by atoms with Crippen molar-refractivity contribution in [1.82, 2.24) is 0 Å². The van der Waals surface area contributed by atoms with E-state index in [1.807, 2.05) is 25.1 Å². The fourth-order valence-electron chi connectivity index (χ4n) is 1.90. The minimum absolute atomic E-state index is 0.783. The molecule has 0 heterocycles. The highest BCUT2D eigenvalue weighted by Crippen LogP contribution is 2.30. The summed E-state index contributed by atoms with van der Waals surface area (Å²) in [6, 6.07) is 5.95. The van der Waals surface area contributed by atoms with Gasteiger partial charge in [0.1, 0.15) is 5.75 Å². The fraction of sp³-hybridized carbons (Fsp3) is 0.538. The summed E-state index contributed by atoms with van der Waals surface area (Å²) < 4.78 is 5.70. The van der Waals surface area contributed by atoms with Crippen LogP contribution in [0.15, 0.2) is 18.2 Å². The zero-order chi connectivity index (χ0) is 10.7. The van der Waals surface area contributed by atoms with E-state index in [1.165, 1.54) is 25.7 Å². The Morgan fingerprint density at radius 2 is 2.20 bits per heavy atom. The Balaban J connectivity index is 1.84. The van der Waals surface area contributed by atoms with Crippen LogP contribution in [-0.4, -0.2) is 6.61 Å². The molecule has 0 spiro atoms. The molecule has 1 aromatic carbocycles. The molecule has 0 aliphatic heterocycles. The topological polar surface area (TPSA) is 35.2 Å². The number of para-hydroxylation sites is 1. The van der Waals surface area contributed by atoms with Crippen molar-refractivity contribution < 1.29 is 4.74 Å². The Morgan fingerprint density at radius 3 is 2.87 bits per heavy atom. The van der Waals surface area contributed by atoms with Crippen LogP contribution in [0.2, 0.25) is 0 Å². The minimum Gasteiger partial charge on any atom is -0.491 e. The van der Waals surface area contributed by atoms with Crippen molar-refractivity contribution in [3.05, 3.63) is 23.8 Å². The lowest BCUT2D eigenvalue weighted by atomic mass is 9.83. The average Bonchev–Trinajstić information content (AvgIpc) is 2.16. The normalized spacial score (nSPS) is 16.1. The van der Waals surface area contributed by atoms with Crippen LogP contribution in [-0.2, 0) is 0 Å². The van der Waals surface area contributed by atoms with Crippen LogP contribution in [0.4, 0.5) is 5.69 Å². The molecule has 0 bridgehead atoms. The molecule has 15 heavy (non-hydrogen) atoms. The zero-order valence-corrected chi connectivity index (χ0v) is 9.33. The third kappa shape index (κ3) is 2.44. The third-order valence-electron chi connectivity index (χ3n) is 3.29. The molecule has 1 aromatic rings. The van der Waals surface area contributed by atoms with E-state index in [0.29, 0.717) is 0 Å². The number of hydrogen-bond acceptors (Lipinski definition) is 2. The first-order valence-corrected chi connectivity index (χ1v) is 5.75. The minimum atomic E-state index is 0.783. The second-order valence-corrected chi connectivity index (χ2v) is 4.42. The molecule has 0 radical (unpaired) electrons. The number of aryl methyl sites for hydroxylation is 1. The molecular weight excluding hydrogens is 186 g/mol. The van der Waals surface area contributed by atoms with E-state index >= 15 is 0 Å². The Bertz CT molecular complexity index is 331. The van der Waals surface area contributed by atoms with Crippen LogP contribution >= 0.6 is 0 Å². The molecule has 1 fully saturated rings. The summed E-state index contributed by atoms with van der Waals surface area (Å²) in [5.41, 5.74) is 7.80. The van der Waals surface area contributed by atoms with Crippen LogP contribution in [0, 0.1) is 12.8 Å². The maximum Gasteiger partial charge on any atom is 0.142 e. The molecule has 0 amide bonds. The standard InChI is InChI=1S/C13H19NO/c1-10-4-2-7-12(13(10)14)15-9-8-11-5-3-6-11/h2,4,7,11H,3,5-6,8-9,14H2,1H3. The second-order valence-electron chi connectivity index (χ2n) is 4.42. The Kier molecular flexibility index (Phi) is 3.14. The van der Waals surface area contributed by atoms with Gasteiger partial charge in [0.25, 0.3) is 0 Å². The Labute approximate surface area is 91.4 Å². The van der Waals surface area contributed by atoms with E-state index in [9.17, 15) is 0 Å². The molecular formula is C13H19NO. The number of nitrogen functional groups attached to an aromatic ring is 1.